The van der Waals surface area contributed by atoms with Gasteiger partial charge in [0.2, 0.25) is 11.9 Å². The van der Waals surface area contributed by atoms with Gasteiger partial charge in [0.15, 0.2) is 5.92 Å². The average molecular weight is 376 g/mol. The minimum absolute atomic E-state index is 0.115. The normalized spacial score (nSPS) is 22.6. The summed E-state index contributed by atoms with van der Waals surface area (Å²) in [6, 6.07) is 4.89. The molecule has 10 heteroatoms. The van der Waals surface area contributed by atoms with E-state index < -0.39 is 28.8 Å². The molecule has 2 atom stereocenters. The van der Waals surface area contributed by atoms with Crippen molar-refractivity contribution < 1.29 is 24.0 Å². The maximum atomic E-state index is 12.7. The van der Waals surface area contributed by atoms with Crippen LogP contribution in [0.4, 0.5) is 5.69 Å². The summed E-state index contributed by atoms with van der Waals surface area (Å²) >= 11 is 0. The summed E-state index contributed by atoms with van der Waals surface area (Å²) in [4.78, 5) is 42.0. The number of aliphatic imine (C=N–C) groups is 1. The molecule has 1 N–H and O–H groups in total. The van der Waals surface area contributed by atoms with E-state index in [1.165, 1.54) is 18.2 Å². The lowest BCUT2D eigenvalue weighted by atomic mass is 9.91. The number of nitrogens with one attached hydrogen (secondary N) is 1. The van der Waals surface area contributed by atoms with Crippen molar-refractivity contribution in [2.24, 2.45) is 10.9 Å². The van der Waals surface area contributed by atoms with Crippen molar-refractivity contribution in [3.05, 3.63) is 39.9 Å². The molecule has 1 saturated heterocycles. The van der Waals surface area contributed by atoms with Crippen LogP contribution in [-0.4, -0.2) is 60.6 Å². The summed E-state index contributed by atoms with van der Waals surface area (Å²) in [5.74, 6) is -2.13. The van der Waals surface area contributed by atoms with Crippen LogP contribution in [0.15, 0.2) is 29.3 Å². The standard InChI is InChI=1S/C17H20N4O6/c1-2-27-16(23)13-14(11-4-3-5-12(10-11)21(24)25)18-17(19-15(13)22)20-6-8-26-9-7-20/h3-5,10,13-14H,2,6-9H2,1H3,(H,18,19,22)/t13-,14+/m1/s1. The van der Waals surface area contributed by atoms with Crippen LogP contribution in [-0.2, 0) is 19.1 Å². The lowest BCUT2D eigenvalue weighted by molar-refractivity contribution is -0.384. The summed E-state index contributed by atoms with van der Waals surface area (Å²) < 4.78 is 10.3. The van der Waals surface area contributed by atoms with Crippen molar-refractivity contribution in [3.63, 3.8) is 0 Å². The highest BCUT2D eigenvalue weighted by Gasteiger charge is 2.42. The van der Waals surface area contributed by atoms with Crippen LogP contribution in [0.3, 0.4) is 0 Å². The van der Waals surface area contributed by atoms with Gasteiger partial charge in [-0.2, -0.15) is 0 Å². The van der Waals surface area contributed by atoms with E-state index >= 15 is 0 Å². The van der Waals surface area contributed by atoms with Gasteiger partial charge in [-0.1, -0.05) is 12.1 Å². The SMILES string of the molecule is CCOC(=O)[C@H]1C(=O)NC(N2CCOCC2)=N[C@H]1c1cccc([N+](=O)[O-])c1. The molecule has 2 heterocycles. The summed E-state index contributed by atoms with van der Waals surface area (Å²) in [5, 5.41) is 13.8. The summed E-state index contributed by atoms with van der Waals surface area (Å²) in [7, 11) is 0. The predicted octanol–water partition coefficient (Wildman–Crippen LogP) is 0.633. The van der Waals surface area contributed by atoms with Gasteiger partial charge in [-0.05, 0) is 12.5 Å². The average Bonchev–Trinajstić information content (AvgIpc) is 2.68. The molecule has 27 heavy (non-hydrogen) atoms. The van der Waals surface area contributed by atoms with Crippen molar-refractivity contribution >= 4 is 23.5 Å². The molecule has 0 aliphatic carbocycles. The molecular formula is C17H20N4O6. The monoisotopic (exact) mass is 376 g/mol. The Morgan fingerprint density at radius 1 is 1.44 bits per heavy atom. The fraction of sp³-hybridized carbons (Fsp3) is 0.471. The number of hydrogen-bond donors (Lipinski definition) is 1. The Morgan fingerprint density at radius 3 is 2.85 bits per heavy atom. The Kier molecular flexibility index (Phi) is 5.65. The number of rotatable bonds is 4. The maximum absolute atomic E-state index is 12.7. The second kappa shape index (κ2) is 8.12. The molecule has 0 unspecified atom stereocenters. The summed E-state index contributed by atoms with van der Waals surface area (Å²) in [5.41, 5.74) is 0.270. The second-order valence-electron chi connectivity index (χ2n) is 6.07. The van der Waals surface area contributed by atoms with Gasteiger partial charge in [-0.25, -0.2) is 4.99 Å². The quantitative estimate of drug-likeness (QED) is 0.354. The van der Waals surface area contributed by atoms with Gasteiger partial charge in [-0.3, -0.25) is 25.0 Å². The molecule has 3 rings (SSSR count). The lowest BCUT2D eigenvalue weighted by Crippen LogP contribution is -2.55. The molecule has 10 nitrogen and oxygen atoms in total. The largest absolute Gasteiger partial charge is 0.465 e. The zero-order chi connectivity index (χ0) is 19.4. The van der Waals surface area contributed by atoms with Gasteiger partial charge >= 0.3 is 5.97 Å². The minimum atomic E-state index is -1.21. The summed E-state index contributed by atoms with van der Waals surface area (Å²) in [6.45, 7) is 3.85. The number of non-ortho nitro benzene ring substituents is 1. The Hall–Kier alpha value is -3.01. The third-order valence-corrected chi connectivity index (χ3v) is 4.37. The predicted molar refractivity (Wildman–Crippen MR) is 93.9 cm³/mol. The lowest BCUT2D eigenvalue weighted by Gasteiger charge is -2.35. The number of esters is 1. The molecule has 1 fully saturated rings. The van der Waals surface area contributed by atoms with E-state index in [0.29, 0.717) is 37.8 Å². The molecule has 0 aromatic heterocycles. The first kappa shape index (κ1) is 18.8. The number of guanidine groups is 1. The molecule has 0 bridgehead atoms. The first-order chi connectivity index (χ1) is 13.0. The topological polar surface area (TPSA) is 123 Å². The first-order valence-electron chi connectivity index (χ1n) is 8.63. The number of amides is 1. The second-order valence-corrected chi connectivity index (χ2v) is 6.07. The summed E-state index contributed by atoms with van der Waals surface area (Å²) in [6.07, 6.45) is 0. The molecular weight excluding hydrogens is 356 g/mol. The Bertz CT molecular complexity index is 774. The van der Waals surface area contributed by atoms with Crippen LogP contribution >= 0.6 is 0 Å². The van der Waals surface area contributed by atoms with Crippen molar-refractivity contribution in [1.29, 1.82) is 0 Å². The third-order valence-electron chi connectivity index (χ3n) is 4.37. The molecule has 0 spiro atoms. The van der Waals surface area contributed by atoms with E-state index in [0.717, 1.165) is 0 Å². The van der Waals surface area contributed by atoms with Crippen LogP contribution in [0.1, 0.15) is 18.5 Å². The smallest absolute Gasteiger partial charge is 0.321 e. The van der Waals surface area contributed by atoms with Crippen molar-refractivity contribution in [2.45, 2.75) is 13.0 Å². The number of ether oxygens (including phenoxy) is 2. The highest BCUT2D eigenvalue weighted by Crippen LogP contribution is 2.32. The van der Waals surface area contributed by atoms with E-state index in [-0.39, 0.29) is 12.3 Å². The number of morpholine rings is 1. The molecule has 0 radical (unpaired) electrons. The Labute approximate surface area is 155 Å². The number of hydrogen-bond acceptors (Lipinski definition) is 8. The van der Waals surface area contributed by atoms with E-state index in [1.54, 1.807) is 13.0 Å². The number of nitro benzene ring substituents is 1. The highest BCUT2D eigenvalue weighted by molar-refractivity contribution is 6.08. The van der Waals surface area contributed by atoms with Gasteiger partial charge < -0.3 is 14.4 Å². The highest BCUT2D eigenvalue weighted by atomic mass is 16.6. The van der Waals surface area contributed by atoms with Crippen LogP contribution in [0.2, 0.25) is 0 Å². The molecule has 144 valence electrons. The number of nitro groups is 1. The zero-order valence-corrected chi connectivity index (χ0v) is 14.8. The van der Waals surface area contributed by atoms with E-state index in [9.17, 15) is 19.7 Å². The minimum Gasteiger partial charge on any atom is -0.465 e. The number of carbonyl (C=O) groups excluding carboxylic acids is 2. The van der Waals surface area contributed by atoms with E-state index in [4.69, 9.17) is 9.47 Å². The Morgan fingerprint density at radius 2 is 2.19 bits per heavy atom. The molecule has 2 aliphatic rings. The number of nitrogens with zero attached hydrogens (tertiary/aromatic N) is 3. The van der Waals surface area contributed by atoms with Gasteiger partial charge in [-0.15, -0.1) is 0 Å². The molecule has 1 aromatic carbocycles. The van der Waals surface area contributed by atoms with Gasteiger partial charge in [0.25, 0.3) is 5.69 Å². The van der Waals surface area contributed by atoms with Crippen molar-refractivity contribution in [2.75, 3.05) is 32.9 Å². The molecule has 0 saturated carbocycles. The zero-order valence-electron chi connectivity index (χ0n) is 14.8. The first-order valence-corrected chi connectivity index (χ1v) is 8.63. The number of carbonyl (C=O) groups is 2. The Balaban J connectivity index is 2.01. The van der Waals surface area contributed by atoms with Crippen LogP contribution < -0.4 is 5.32 Å². The fourth-order valence-electron chi connectivity index (χ4n) is 3.06. The van der Waals surface area contributed by atoms with E-state index in [2.05, 4.69) is 10.3 Å². The molecule has 1 aromatic rings. The molecule has 1 amide bonds. The van der Waals surface area contributed by atoms with Gasteiger partial charge in [0.05, 0.1) is 24.7 Å². The maximum Gasteiger partial charge on any atom is 0.321 e. The number of benzene rings is 1. The van der Waals surface area contributed by atoms with Crippen molar-refractivity contribution in [3.8, 4) is 0 Å². The van der Waals surface area contributed by atoms with Crippen molar-refractivity contribution in [1.82, 2.24) is 10.2 Å². The van der Waals surface area contributed by atoms with Gasteiger partial charge in [0, 0.05) is 25.2 Å². The van der Waals surface area contributed by atoms with Crippen LogP contribution in [0.25, 0.3) is 0 Å². The van der Waals surface area contributed by atoms with E-state index in [1.807, 2.05) is 4.90 Å². The fourth-order valence-corrected chi connectivity index (χ4v) is 3.06. The third kappa shape index (κ3) is 4.05. The van der Waals surface area contributed by atoms with Crippen LogP contribution in [0.5, 0.6) is 0 Å². The van der Waals surface area contributed by atoms with Crippen LogP contribution in [0, 0.1) is 16.0 Å². The molecule has 2 aliphatic heterocycles. The van der Waals surface area contributed by atoms with Gasteiger partial charge in [0.1, 0.15) is 6.04 Å².